The first-order valence-electron chi connectivity index (χ1n) is 8.01. The smallest absolute Gasteiger partial charge is 0.229 e. The maximum absolute atomic E-state index is 11.5. The van der Waals surface area contributed by atoms with Crippen LogP contribution in [0.25, 0.3) is 0 Å². The van der Waals surface area contributed by atoms with Crippen LogP contribution in [0.5, 0.6) is 0 Å². The van der Waals surface area contributed by atoms with Crippen LogP contribution in [0, 0.1) is 0 Å². The second-order valence-corrected chi connectivity index (χ2v) is 8.04. The maximum atomic E-state index is 11.5. The van der Waals surface area contributed by atoms with Crippen LogP contribution in [0.15, 0.2) is 53.5 Å². The first kappa shape index (κ1) is 23.5. The zero-order chi connectivity index (χ0) is 19.2. The highest BCUT2D eigenvalue weighted by atomic mass is 127. The van der Waals surface area contributed by atoms with E-state index in [1.54, 1.807) is 19.2 Å². The maximum Gasteiger partial charge on any atom is 0.229 e. The summed E-state index contributed by atoms with van der Waals surface area (Å²) in [6, 6.07) is 14.9. The van der Waals surface area contributed by atoms with Gasteiger partial charge in [-0.3, -0.25) is 9.71 Å². The lowest BCUT2D eigenvalue weighted by atomic mass is 10.2. The van der Waals surface area contributed by atoms with Crippen molar-refractivity contribution in [2.45, 2.75) is 13.1 Å². The lowest BCUT2D eigenvalue weighted by Crippen LogP contribution is -2.38. The van der Waals surface area contributed by atoms with Gasteiger partial charge in [0.05, 0.1) is 11.9 Å². The third-order valence-corrected chi connectivity index (χ3v) is 4.65. The molecule has 0 fully saturated rings. The van der Waals surface area contributed by atoms with E-state index in [1.807, 2.05) is 48.3 Å². The number of sulfonamides is 1. The van der Waals surface area contributed by atoms with Gasteiger partial charge in [-0.05, 0) is 23.3 Å². The molecule has 0 aromatic heterocycles. The van der Waals surface area contributed by atoms with E-state index in [9.17, 15) is 8.42 Å². The van der Waals surface area contributed by atoms with E-state index in [4.69, 9.17) is 11.6 Å². The summed E-state index contributed by atoms with van der Waals surface area (Å²) in [7, 11) is 0.278. The molecule has 0 saturated heterocycles. The fourth-order valence-electron chi connectivity index (χ4n) is 2.49. The Kier molecular flexibility index (Phi) is 9.34. The van der Waals surface area contributed by atoms with E-state index in [2.05, 4.69) is 15.0 Å². The highest BCUT2D eigenvalue weighted by molar-refractivity contribution is 14.0. The summed E-state index contributed by atoms with van der Waals surface area (Å²) in [6.45, 7) is 1.03. The number of anilines is 1. The van der Waals surface area contributed by atoms with Crippen LogP contribution in [0.3, 0.4) is 0 Å². The zero-order valence-corrected chi connectivity index (χ0v) is 19.3. The number of nitrogens with one attached hydrogen (secondary N) is 2. The number of benzene rings is 2. The molecule has 9 heteroatoms. The van der Waals surface area contributed by atoms with Gasteiger partial charge < -0.3 is 10.2 Å². The molecule has 2 aromatic rings. The lowest BCUT2D eigenvalue weighted by Gasteiger charge is -2.23. The van der Waals surface area contributed by atoms with Gasteiger partial charge in [-0.15, -0.1) is 24.0 Å². The van der Waals surface area contributed by atoms with Crippen LogP contribution < -0.4 is 10.0 Å². The van der Waals surface area contributed by atoms with Crippen molar-refractivity contribution in [3.05, 3.63) is 64.7 Å². The number of guanidine groups is 1. The fourth-order valence-corrected chi connectivity index (χ4v) is 3.28. The molecule has 0 atom stereocenters. The molecular formula is C18H24ClIN4O2S. The molecule has 6 nitrogen and oxygen atoms in total. The number of nitrogens with zero attached hydrogens (tertiary/aromatic N) is 2. The normalized spacial score (nSPS) is 11.5. The standard InChI is InChI=1S/C18H23ClN4O2S.HI/c1-20-18(23(2)13-15-9-4-6-10-16(15)19)21-12-14-8-5-7-11-17(14)22-26(3,24)25;/h4-11,22H,12-13H2,1-3H3,(H,20,21);1H. The van der Waals surface area contributed by atoms with Crippen molar-refractivity contribution in [1.82, 2.24) is 10.2 Å². The van der Waals surface area contributed by atoms with Crippen molar-refractivity contribution < 1.29 is 8.42 Å². The third-order valence-electron chi connectivity index (χ3n) is 3.69. The van der Waals surface area contributed by atoms with E-state index in [1.165, 1.54) is 0 Å². The van der Waals surface area contributed by atoms with Gasteiger partial charge in [0.15, 0.2) is 5.96 Å². The molecule has 0 aliphatic rings. The van der Waals surface area contributed by atoms with Crippen molar-refractivity contribution in [1.29, 1.82) is 0 Å². The van der Waals surface area contributed by atoms with Gasteiger partial charge in [0.1, 0.15) is 0 Å². The average molecular weight is 523 g/mol. The fraction of sp³-hybridized carbons (Fsp3) is 0.278. The monoisotopic (exact) mass is 522 g/mol. The van der Waals surface area contributed by atoms with E-state index in [-0.39, 0.29) is 24.0 Å². The number of aliphatic imine (C=N–C) groups is 1. The summed E-state index contributed by atoms with van der Waals surface area (Å²) >= 11 is 6.22. The summed E-state index contributed by atoms with van der Waals surface area (Å²) in [5.74, 6) is 0.680. The van der Waals surface area contributed by atoms with Crippen molar-refractivity contribution in [3.63, 3.8) is 0 Å². The molecule has 0 saturated carbocycles. The summed E-state index contributed by atoms with van der Waals surface area (Å²) in [6.07, 6.45) is 1.13. The highest BCUT2D eigenvalue weighted by Crippen LogP contribution is 2.18. The van der Waals surface area contributed by atoms with Gasteiger partial charge in [0.25, 0.3) is 0 Å². The summed E-state index contributed by atoms with van der Waals surface area (Å²) in [5.41, 5.74) is 2.37. The van der Waals surface area contributed by atoms with Crippen LogP contribution >= 0.6 is 35.6 Å². The third kappa shape index (κ3) is 7.55. The number of hydrogen-bond donors (Lipinski definition) is 2. The van der Waals surface area contributed by atoms with E-state index >= 15 is 0 Å². The van der Waals surface area contributed by atoms with Crippen molar-refractivity contribution in [2.75, 3.05) is 25.1 Å². The van der Waals surface area contributed by atoms with Crippen molar-refractivity contribution in [2.24, 2.45) is 4.99 Å². The van der Waals surface area contributed by atoms with Crippen LogP contribution in [0.1, 0.15) is 11.1 Å². The Balaban J connectivity index is 0.00000364. The Labute approximate surface area is 183 Å². The van der Waals surface area contributed by atoms with Crippen LogP contribution in [-0.4, -0.2) is 39.6 Å². The first-order valence-corrected chi connectivity index (χ1v) is 10.3. The predicted molar refractivity (Wildman–Crippen MR) is 123 cm³/mol. The molecule has 0 spiro atoms. The predicted octanol–water partition coefficient (Wildman–Crippen LogP) is 3.54. The van der Waals surface area contributed by atoms with Gasteiger partial charge in [0.2, 0.25) is 10.0 Å². The SMILES string of the molecule is CN=C(NCc1ccccc1NS(C)(=O)=O)N(C)Cc1ccccc1Cl.I. The molecule has 2 aromatic carbocycles. The molecule has 2 rings (SSSR count). The Hall–Kier alpha value is -1.52. The molecule has 0 aliphatic carbocycles. The largest absolute Gasteiger partial charge is 0.352 e. The molecule has 2 N–H and O–H groups in total. The second kappa shape index (κ2) is 10.7. The number of hydrogen-bond acceptors (Lipinski definition) is 3. The van der Waals surface area contributed by atoms with Gasteiger partial charge in [-0.25, -0.2) is 8.42 Å². The number of halogens is 2. The topological polar surface area (TPSA) is 73.8 Å². The molecule has 0 amide bonds. The van der Waals surface area contributed by atoms with Crippen LogP contribution in [-0.2, 0) is 23.1 Å². The van der Waals surface area contributed by atoms with Crippen LogP contribution in [0.2, 0.25) is 5.02 Å². The summed E-state index contributed by atoms with van der Waals surface area (Å²) < 4.78 is 25.6. The van der Waals surface area contributed by atoms with Gasteiger partial charge >= 0.3 is 0 Å². The van der Waals surface area contributed by atoms with E-state index < -0.39 is 10.0 Å². The Morgan fingerprint density at radius 3 is 2.30 bits per heavy atom. The summed E-state index contributed by atoms with van der Waals surface area (Å²) in [5, 5.41) is 3.96. The Bertz CT molecular complexity index is 890. The molecule has 148 valence electrons. The molecule has 0 unspecified atom stereocenters. The molecule has 0 bridgehead atoms. The average Bonchev–Trinajstić information content (AvgIpc) is 2.57. The quantitative estimate of drug-likeness (QED) is 0.346. The number of para-hydroxylation sites is 1. The Morgan fingerprint density at radius 1 is 1.11 bits per heavy atom. The first-order chi connectivity index (χ1) is 12.3. The molecular weight excluding hydrogens is 499 g/mol. The van der Waals surface area contributed by atoms with Crippen molar-refractivity contribution in [3.8, 4) is 0 Å². The second-order valence-electron chi connectivity index (χ2n) is 5.88. The minimum absolute atomic E-state index is 0. The lowest BCUT2D eigenvalue weighted by molar-refractivity contribution is 0.477. The minimum Gasteiger partial charge on any atom is -0.352 e. The van der Waals surface area contributed by atoms with Gasteiger partial charge in [-0.2, -0.15) is 0 Å². The van der Waals surface area contributed by atoms with E-state index in [0.29, 0.717) is 29.8 Å². The summed E-state index contributed by atoms with van der Waals surface area (Å²) in [4.78, 5) is 6.24. The molecule has 0 heterocycles. The van der Waals surface area contributed by atoms with E-state index in [0.717, 1.165) is 17.4 Å². The molecule has 0 radical (unpaired) electrons. The Morgan fingerprint density at radius 2 is 1.70 bits per heavy atom. The van der Waals surface area contributed by atoms with Gasteiger partial charge in [0, 0.05) is 32.2 Å². The highest BCUT2D eigenvalue weighted by Gasteiger charge is 2.11. The number of rotatable bonds is 6. The zero-order valence-electron chi connectivity index (χ0n) is 15.4. The van der Waals surface area contributed by atoms with Crippen LogP contribution in [0.4, 0.5) is 5.69 Å². The molecule has 0 aliphatic heterocycles. The van der Waals surface area contributed by atoms with Crippen molar-refractivity contribution >= 4 is 57.2 Å². The molecule has 27 heavy (non-hydrogen) atoms. The minimum atomic E-state index is -3.34. The van der Waals surface area contributed by atoms with Gasteiger partial charge in [-0.1, -0.05) is 48.0 Å².